The van der Waals surface area contributed by atoms with E-state index in [2.05, 4.69) is 51.7 Å². The van der Waals surface area contributed by atoms with E-state index in [0.29, 0.717) is 16.5 Å². The second-order valence-corrected chi connectivity index (χ2v) is 11.0. The minimum absolute atomic E-state index is 0.194. The Morgan fingerprint density at radius 2 is 1.91 bits per heavy atom. The van der Waals surface area contributed by atoms with Gasteiger partial charge in [0.25, 0.3) is 5.56 Å². The smallest absolute Gasteiger partial charge is 0.276 e. The van der Waals surface area contributed by atoms with Crippen molar-refractivity contribution in [3.8, 4) is 22.8 Å². The Labute approximate surface area is 215 Å². The number of hydrogen-bond acceptors (Lipinski definition) is 7. The first-order valence-corrected chi connectivity index (χ1v) is 12.6. The van der Waals surface area contributed by atoms with Gasteiger partial charge in [0.2, 0.25) is 5.88 Å². The summed E-state index contributed by atoms with van der Waals surface area (Å²) in [6, 6.07) is 7.29. The lowest BCUT2D eigenvalue weighted by Crippen LogP contribution is -2.24. The highest BCUT2D eigenvalue weighted by molar-refractivity contribution is 9.10. The van der Waals surface area contributed by atoms with E-state index in [9.17, 15) is 4.79 Å². The fourth-order valence-corrected chi connectivity index (χ4v) is 4.48. The molecule has 10 heteroatoms. The van der Waals surface area contributed by atoms with Gasteiger partial charge in [-0.15, -0.1) is 11.3 Å². The fourth-order valence-electron chi connectivity index (χ4n) is 3.30. The number of aromatic nitrogens is 5. The molecule has 3 aromatic heterocycles. The van der Waals surface area contributed by atoms with Crippen LogP contribution in [-0.4, -0.2) is 24.5 Å². The molecule has 0 aliphatic carbocycles. The van der Waals surface area contributed by atoms with Crippen molar-refractivity contribution < 1.29 is 4.74 Å². The molecule has 0 unspecified atom stereocenters. The van der Waals surface area contributed by atoms with Gasteiger partial charge in [-0.3, -0.25) is 9.36 Å². The predicted molar refractivity (Wildman–Crippen MR) is 138 cm³/mol. The second kappa shape index (κ2) is 9.56. The number of hydrogen-bond donors (Lipinski definition) is 0. The van der Waals surface area contributed by atoms with Gasteiger partial charge in [-0.25, -0.2) is 15.0 Å². The zero-order chi connectivity index (χ0) is 24.6. The number of aryl methyl sites for hydroxylation is 2. The minimum atomic E-state index is -0.325. The first kappa shape index (κ1) is 24.5. The summed E-state index contributed by atoms with van der Waals surface area (Å²) in [7, 11) is 0. The van der Waals surface area contributed by atoms with Crippen LogP contribution in [0.3, 0.4) is 0 Å². The van der Waals surface area contributed by atoms with Gasteiger partial charge < -0.3 is 4.74 Å². The van der Waals surface area contributed by atoms with Crippen LogP contribution in [0, 0.1) is 13.8 Å². The molecule has 0 aliphatic rings. The maximum Gasteiger partial charge on any atom is 0.276 e. The van der Waals surface area contributed by atoms with Crippen molar-refractivity contribution in [1.82, 2.24) is 24.5 Å². The Balaban J connectivity index is 1.73. The Kier molecular flexibility index (Phi) is 6.89. The molecule has 4 rings (SSSR count). The van der Waals surface area contributed by atoms with Gasteiger partial charge in [0, 0.05) is 22.6 Å². The van der Waals surface area contributed by atoms with Crippen molar-refractivity contribution in [2.45, 2.75) is 46.6 Å². The van der Waals surface area contributed by atoms with Crippen molar-refractivity contribution in [1.29, 1.82) is 0 Å². The number of rotatable bonds is 5. The largest absolute Gasteiger partial charge is 0.470 e. The zero-order valence-corrected chi connectivity index (χ0v) is 22.5. The van der Waals surface area contributed by atoms with Crippen molar-refractivity contribution >= 4 is 38.9 Å². The molecule has 0 amide bonds. The highest BCUT2D eigenvalue weighted by Crippen LogP contribution is 2.29. The average molecular weight is 561 g/mol. The zero-order valence-electron chi connectivity index (χ0n) is 19.4. The molecule has 0 saturated carbocycles. The number of thiazole rings is 1. The van der Waals surface area contributed by atoms with Crippen LogP contribution in [0.5, 0.6) is 5.88 Å². The van der Waals surface area contributed by atoms with Gasteiger partial charge in [0.1, 0.15) is 22.7 Å². The molecule has 0 radical (unpaired) electrons. The Hall–Kier alpha value is -2.62. The molecular formula is C24H23BrClN5O2S. The summed E-state index contributed by atoms with van der Waals surface area (Å²) in [4.78, 5) is 31.3. The molecule has 0 bridgehead atoms. The molecule has 0 fully saturated rings. The molecule has 0 atom stereocenters. The molecule has 0 aliphatic heterocycles. The molecular weight excluding hydrogens is 538 g/mol. The van der Waals surface area contributed by atoms with E-state index in [4.69, 9.17) is 21.3 Å². The molecule has 34 heavy (non-hydrogen) atoms. The topological polar surface area (TPSA) is 82.8 Å². The number of benzene rings is 1. The number of nitrogens with zero attached hydrogens (tertiary/aromatic N) is 5. The second-order valence-electron chi connectivity index (χ2n) is 8.75. The lowest BCUT2D eigenvalue weighted by Gasteiger charge is -2.18. The molecule has 176 valence electrons. The van der Waals surface area contributed by atoms with Gasteiger partial charge in [0.05, 0.1) is 27.1 Å². The van der Waals surface area contributed by atoms with Crippen LogP contribution >= 0.6 is 38.9 Å². The standard InChI is InChI=1S/C24H23BrClN5O2S/c1-13-28-21(33-11-16-12-34-14(2)29-16)20(25)22(32)31(13)19-10-15(6-7-17(19)26)18-8-9-27-23(30-18)24(3,4)5/h6-10,12H,11H2,1-5H3. The van der Waals surface area contributed by atoms with Gasteiger partial charge in [-0.2, -0.15) is 4.98 Å². The molecule has 4 aromatic rings. The summed E-state index contributed by atoms with van der Waals surface area (Å²) < 4.78 is 7.45. The third kappa shape index (κ3) is 5.06. The van der Waals surface area contributed by atoms with E-state index in [-0.39, 0.29) is 27.9 Å². The van der Waals surface area contributed by atoms with Crippen molar-refractivity contribution in [2.24, 2.45) is 0 Å². The summed E-state index contributed by atoms with van der Waals surface area (Å²) in [6.07, 6.45) is 1.74. The van der Waals surface area contributed by atoms with Gasteiger partial charge >= 0.3 is 0 Å². The molecule has 1 aromatic carbocycles. The maximum atomic E-state index is 13.3. The van der Waals surface area contributed by atoms with Crippen molar-refractivity contribution in [3.63, 3.8) is 0 Å². The van der Waals surface area contributed by atoms with E-state index < -0.39 is 0 Å². The van der Waals surface area contributed by atoms with Crippen molar-refractivity contribution in [2.75, 3.05) is 0 Å². The monoisotopic (exact) mass is 559 g/mol. The lowest BCUT2D eigenvalue weighted by atomic mass is 9.95. The first-order chi connectivity index (χ1) is 16.0. The van der Waals surface area contributed by atoms with Crippen LogP contribution in [-0.2, 0) is 12.0 Å². The maximum absolute atomic E-state index is 13.3. The van der Waals surface area contributed by atoms with Gasteiger partial charge in [-0.1, -0.05) is 38.4 Å². The Bertz CT molecular complexity index is 1430. The summed E-state index contributed by atoms with van der Waals surface area (Å²) >= 11 is 11.4. The summed E-state index contributed by atoms with van der Waals surface area (Å²) in [5.41, 5.74) is 2.33. The van der Waals surface area contributed by atoms with Crippen molar-refractivity contribution in [3.05, 3.63) is 78.0 Å². The molecule has 0 N–H and O–H groups in total. The van der Waals surface area contributed by atoms with Crippen LogP contribution in [0.15, 0.2) is 45.1 Å². The molecule has 0 saturated heterocycles. The van der Waals surface area contributed by atoms with E-state index in [1.165, 1.54) is 4.57 Å². The van der Waals surface area contributed by atoms with Crippen LogP contribution in [0.4, 0.5) is 0 Å². The normalized spacial score (nSPS) is 11.6. The minimum Gasteiger partial charge on any atom is -0.470 e. The quantitative estimate of drug-likeness (QED) is 0.295. The number of ether oxygens (including phenoxy) is 1. The molecule has 3 heterocycles. The van der Waals surface area contributed by atoms with Crippen LogP contribution in [0.25, 0.3) is 16.9 Å². The van der Waals surface area contributed by atoms with E-state index >= 15 is 0 Å². The average Bonchev–Trinajstić information content (AvgIpc) is 3.21. The van der Waals surface area contributed by atoms with E-state index in [1.807, 2.05) is 30.5 Å². The van der Waals surface area contributed by atoms with E-state index in [1.54, 1.807) is 30.5 Å². The highest BCUT2D eigenvalue weighted by Gasteiger charge is 2.20. The highest BCUT2D eigenvalue weighted by atomic mass is 79.9. The van der Waals surface area contributed by atoms with E-state index in [0.717, 1.165) is 27.8 Å². The van der Waals surface area contributed by atoms with Crippen LogP contribution < -0.4 is 10.3 Å². The fraction of sp³-hybridized carbons (Fsp3) is 0.292. The Morgan fingerprint density at radius 1 is 1.15 bits per heavy atom. The number of halogens is 2. The summed E-state index contributed by atoms with van der Waals surface area (Å²) in [6.45, 7) is 10.1. The molecule has 0 spiro atoms. The van der Waals surface area contributed by atoms with Gasteiger partial charge in [-0.05, 0) is 48.0 Å². The third-order valence-corrected chi connectivity index (χ3v) is 6.82. The third-order valence-electron chi connectivity index (χ3n) is 5.00. The summed E-state index contributed by atoms with van der Waals surface area (Å²) in [5, 5.41) is 3.28. The summed E-state index contributed by atoms with van der Waals surface area (Å²) in [5.74, 6) is 1.38. The first-order valence-electron chi connectivity index (χ1n) is 10.5. The SMILES string of the molecule is Cc1nc(COc2nc(C)n(-c3cc(-c4ccnc(C(C)(C)C)n4)ccc3Cl)c(=O)c2Br)cs1. The van der Waals surface area contributed by atoms with Gasteiger partial charge in [0.15, 0.2) is 0 Å². The Morgan fingerprint density at radius 3 is 2.59 bits per heavy atom. The van der Waals surface area contributed by atoms with Crippen LogP contribution in [0.2, 0.25) is 5.02 Å². The lowest BCUT2D eigenvalue weighted by molar-refractivity contribution is 0.285. The van der Waals surface area contributed by atoms with Crippen LogP contribution in [0.1, 0.15) is 43.1 Å². The molecule has 7 nitrogen and oxygen atoms in total. The predicted octanol–water partition coefficient (Wildman–Crippen LogP) is 6.06.